The number of benzene rings is 1. The molecule has 0 radical (unpaired) electrons. The number of hydrogen-bond acceptors (Lipinski definition) is 2. The Morgan fingerprint density at radius 3 is 2.71 bits per heavy atom. The van der Waals surface area contributed by atoms with Gasteiger partial charge in [0.2, 0.25) is 0 Å². The first-order chi connectivity index (χ1) is 11.6. The Bertz CT molecular complexity index is 582. The minimum Gasteiger partial charge on any atom is -0.357 e. The Hall–Kier alpha value is -2.11. The highest BCUT2D eigenvalue weighted by Crippen LogP contribution is 2.17. The number of nitrogens with one attached hydrogen (secondary N) is 3. The largest absolute Gasteiger partial charge is 0.357 e. The molecule has 1 aromatic rings. The molecule has 2 rings (SSSR count). The standard InChI is InChI=1S/C18H27FN4O/c1-3-20-18(23-15-6-4-5-7-15)22-11-10-21-17(24)14-9-8-13(2)16(19)12-14/h8-9,12,15H,3-7,10-11H2,1-2H3,(H,21,24)(H2,20,22,23). The molecule has 1 saturated carbocycles. The normalized spacial score (nSPS) is 15.4. The molecule has 0 saturated heterocycles. The van der Waals surface area contributed by atoms with Crippen molar-refractivity contribution in [2.75, 3.05) is 19.6 Å². The van der Waals surface area contributed by atoms with E-state index in [0.717, 1.165) is 12.5 Å². The van der Waals surface area contributed by atoms with E-state index in [1.54, 1.807) is 19.1 Å². The predicted molar refractivity (Wildman–Crippen MR) is 94.8 cm³/mol. The zero-order valence-electron chi connectivity index (χ0n) is 14.5. The van der Waals surface area contributed by atoms with E-state index in [1.165, 1.54) is 31.7 Å². The Morgan fingerprint density at radius 1 is 1.29 bits per heavy atom. The number of aryl methyl sites for hydroxylation is 1. The van der Waals surface area contributed by atoms with Gasteiger partial charge in [0.25, 0.3) is 5.91 Å². The van der Waals surface area contributed by atoms with Crippen LogP contribution in [0.2, 0.25) is 0 Å². The molecule has 1 amide bonds. The van der Waals surface area contributed by atoms with Crippen LogP contribution in [0.25, 0.3) is 0 Å². The van der Waals surface area contributed by atoms with Crippen molar-refractivity contribution < 1.29 is 9.18 Å². The number of amides is 1. The number of guanidine groups is 1. The van der Waals surface area contributed by atoms with Gasteiger partial charge < -0.3 is 16.0 Å². The van der Waals surface area contributed by atoms with Crippen LogP contribution >= 0.6 is 0 Å². The fourth-order valence-electron chi connectivity index (χ4n) is 2.76. The molecule has 0 heterocycles. The third-order valence-corrected chi connectivity index (χ3v) is 4.14. The maximum atomic E-state index is 13.5. The topological polar surface area (TPSA) is 65.5 Å². The van der Waals surface area contributed by atoms with E-state index < -0.39 is 0 Å². The molecule has 132 valence electrons. The van der Waals surface area contributed by atoms with Crippen LogP contribution in [0.4, 0.5) is 4.39 Å². The Morgan fingerprint density at radius 2 is 2.04 bits per heavy atom. The average Bonchev–Trinajstić information content (AvgIpc) is 3.07. The first-order valence-electron chi connectivity index (χ1n) is 8.69. The summed E-state index contributed by atoms with van der Waals surface area (Å²) in [5.41, 5.74) is 0.863. The maximum absolute atomic E-state index is 13.5. The smallest absolute Gasteiger partial charge is 0.251 e. The summed E-state index contributed by atoms with van der Waals surface area (Å²) in [5.74, 6) is 0.147. The van der Waals surface area contributed by atoms with Gasteiger partial charge in [-0.05, 0) is 44.4 Å². The summed E-state index contributed by atoms with van der Waals surface area (Å²) in [5, 5.41) is 9.42. The molecule has 0 bridgehead atoms. The van der Waals surface area contributed by atoms with Crippen molar-refractivity contribution in [3.05, 3.63) is 35.1 Å². The lowest BCUT2D eigenvalue weighted by Crippen LogP contribution is -2.42. The molecule has 0 unspecified atom stereocenters. The molecule has 5 nitrogen and oxygen atoms in total. The Balaban J connectivity index is 1.79. The summed E-state index contributed by atoms with van der Waals surface area (Å²) >= 11 is 0. The monoisotopic (exact) mass is 334 g/mol. The van der Waals surface area contributed by atoms with Gasteiger partial charge in [0.1, 0.15) is 5.82 Å². The lowest BCUT2D eigenvalue weighted by atomic mass is 10.1. The van der Waals surface area contributed by atoms with Crippen molar-refractivity contribution in [1.82, 2.24) is 16.0 Å². The molecule has 0 aromatic heterocycles. The zero-order chi connectivity index (χ0) is 17.4. The van der Waals surface area contributed by atoms with Crippen LogP contribution in [0.5, 0.6) is 0 Å². The van der Waals surface area contributed by atoms with Crippen molar-refractivity contribution >= 4 is 11.9 Å². The van der Waals surface area contributed by atoms with Crippen LogP contribution < -0.4 is 16.0 Å². The van der Waals surface area contributed by atoms with Crippen LogP contribution in [-0.2, 0) is 0 Å². The van der Waals surface area contributed by atoms with Crippen LogP contribution in [0.15, 0.2) is 23.2 Å². The van der Waals surface area contributed by atoms with Crippen molar-refractivity contribution in [1.29, 1.82) is 0 Å². The third-order valence-electron chi connectivity index (χ3n) is 4.14. The number of carbonyl (C=O) groups is 1. The van der Waals surface area contributed by atoms with Gasteiger partial charge in [-0.15, -0.1) is 0 Å². The minimum atomic E-state index is -0.365. The lowest BCUT2D eigenvalue weighted by molar-refractivity contribution is 0.0954. The Kier molecular flexibility index (Phi) is 7.03. The summed E-state index contributed by atoms with van der Waals surface area (Å²) in [6.45, 7) is 5.39. The average molecular weight is 334 g/mol. The van der Waals surface area contributed by atoms with E-state index in [0.29, 0.717) is 30.3 Å². The third kappa shape index (κ3) is 5.51. The molecule has 0 spiro atoms. The number of rotatable bonds is 6. The highest BCUT2D eigenvalue weighted by molar-refractivity contribution is 5.94. The molecule has 1 aliphatic carbocycles. The second-order valence-corrected chi connectivity index (χ2v) is 6.11. The molecule has 1 aliphatic rings. The van der Waals surface area contributed by atoms with E-state index in [4.69, 9.17) is 0 Å². The summed E-state index contributed by atoms with van der Waals surface area (Å²) in [6.07, 6.45) is 4.89. The van der Waals surface area contributed by atoms with Gasteiger partial charge in [-0.25, -0.2) is 4.39 Å². The molecule has 1 aromatic carbocycles. The minimum absolute atomic E-state index is 0.280. The number of carbonyl (C=O) groups excluding carboxylic acids is 1. The van der Waals surface area contributed by atoms with E-state index in [-0.39, 0.29) is 11.7 Å². The summed E-state index contributed by atoms with van der Waals surface area (Å²) in [6, 6.07) is 4.99. The fourth-order valence-corrected chi connectivity index (χ4v) is 2.76. The molecule has 3 N–H and O–H groups in total. The van der Waals surface area contributed by atoms with Crippen molar-refractivity contribution in [2.24, 2.45) is 4.99 Å². The van der Waals surface area contributed by atoms with Crippen LogP contribution in [0.1, 0.15) is 48.5 Å². The van der Waals surface area contributed by atoms with Crippen molar-refractivity contribution in [2.45, 2.75) is 45.6 Å². The SMILES string of the molecule is CCNC(=NCCNC(=O)c1ccc(C)c(F)c1)NC1CCCC1. The van der Waals surface area contributed by atoms with Gasteiger partial charge in [0.15, 0.2) is 5.96 Å². The van der Waals surface area contributed by atoms with Gasteiger partial charge >= 0.3 is 0 Å². The van der Waals surface area contributed by atoms with E-state index in [1.807, 2.05) is 6.92 Å². The summed E-state index contributed by atoms with van der Waals surface area (Å²) in [4.78, 5) is 16.5. The van der Waals surface area contributed by atoms with Gasteiger partial charge in [-0.2, -0.15) is 0 Å². The van der Waals surface area contributed by atoms with E-state index in [9.17, 15) is 9.18 Å². The van der Waals surface area contributed by atoms with Gasteiger partial charge in [0, 0.05) is 24.7 Å². The molecule has 1 fully saturated rings. The van der Waals surface area contributed by atoms with Gasteiger partial charge in [-0.1, -0.05) is 18.9 Å². The van der Waals surface area contributed by atoms with Crippen LogP contribution in [-0.4, -0.2) is 37.5 Å². The first-order valence-corrected chi connectivity index (χ1v) is 8.69. The summed E-state index contributed by atoms with van der Waals surface area (Å²) < 4.78 is 13.5. The molecular weight excluding hydrogens is 307 g/mol. The summed E-state index contributed by atoms with van der Waals surface area (Å²) in [7, 11) is 0. The van der Waals surface area contributed by atoms with Crippen molar-refractivity contribution in [3.63, 3.8) is 0 Å². The van der Waals surface area contributed by atoms with Gasteiger partial charge in [0.05, 0.1) is 6.54 Å². The number of nitrogens with zero attached hydrogens (tertiary/aromatic N) is 1. The molecule has 24 heavy (non-hydrogen) atoms. The predicted octanol–water partition coefficient (Wildman–Crippen LogP) is 2.36. The lowest BCUT2D eigenvalue weighted by Gasteiger charge is -2.16. The Labute approximate surface area is 143 Å². The van der Waals surface area contributed by atoms with E-state index in [2.05, 4.69) is 20.9 Å². The quantitative estimate of drug-likeness (QED) is 0.425. The second kappa shape index (κ2) is 9.25. The molecule has 6 heteroatoms. The molecular formula is C18H27FN4O. The first kappa shape index (κ1) is 18.2. The molecule has 0 atom stereocenters. The van der Waals surface area contributed by atoms with Crippen LogP contribution in [0.3, 0.4) is 0 Å². The zero-order valence-corrected chi connectivity index (χ0v) is 14.5. The fraction of sp³-hybridized carbons (Fsp3) is 0.556. The highest BCUT2D eigenvalue weighted by Gasteiger charge is 2.15. The highest BCUT2D eigenvalue weighted by atomic mass is 19.1. The number of halogens is 1. The van der Waals surface area contributed by atoms with E-state index >= 15 is 0 Å². The number of aliphatic imine (C=N–C) groups is 1. The van der Waals surface area contributed by atoms with Crippen LogP contribution in [0, 0.1) is 12.7 Å². The van der Waals surface area contributed by atoms with Gasteiger partial charge in [-0.3, -0.25) is 9.79 Å². The number of hydrogen-bond donors (Lipinski definition) is 3. The maximum Gasteiger partial charge on any atom is 0.251 e. The second-order valence-electron chi connectivity index (χ2n) is 6.11. The van der Waals surface area contributed by atoms with Crippen molar-refractivity contribution in [3.8, 4) is 0 Å². The molecule has 0 aliphatic heterocycles.